The minimum Gasteiger partial charge on any atom is -0.479 e. The molecule has 0 aromatic rings. The van der Waals surface area contributed by atoms with Gasteiger partial charge in [0, 0.05) is 0 Å². The predicted molar refractivity (Wildman–Crippen MR) is 33.8 cm³/mol. The lowest BCUT2D eigenvalue weighted by Gasteiger charge is -2.13. The normalized spacial score (nSPS) is 17.4. The summed E-state index contributed by atoms with van der Waals surface area (Å²) >= 11 is 3.66. The Morgan fingerprint density at radius 3 is 2.38 bits per heavy atom. The highest BCUT2D eigenvalue weighted by atomic mass is 32.1. The number of nitrogens with two attached hydrogens (primary N) is 1. The molecule has 8 heavy (non-hydrogen) atoms. The lowest BCUT2D eigenvalue weighted by atomic mass is 10.2. The van der Waals surface area contributed by atoms with E-state index in [1.807, 2.05) is 0 Å². The average molecular weight is 135 g/mol. The van der Waals surface area contributed by atoms with Crippen molar-refractivity contribution in [2.24, 2.45) is 5.73 Å². The summed E-state index contributed by atoms with van der Waals surface area (Å²) < 4.78 is 0. The van der Waals surface area contributed by atoms with E-state index in [1.54, 1.807) is 6.92 Å². The minimum atomic E-state index is -1.35. The summed E-state index contributed by atoms with van der Waals surface area (Å²) in [7, 11) is 0. The van der Waals surface area contributed by atoms with E-state index >= 15 is 0 Å². The van der Waals surface area contributed by atoms with E-state index in [1.165, 1.54) is 0 Å². The van der Waals surface area contributed by atoms with Gasteiger partial charge in [0.15, 0.2) is 4.87 Å². The maximum atomic E-state index is 10.1. The Kier molecular flexibility index (Phi) is 2.30. The van der Waals surface area contributed by atoms with Gasteiger partial charge >= 0.3 is 5.97 Å². The monoisotopic (exact) mass is 135 g/mol. The second-order valence-electron chi connectivity index (χ2n) is 1.58. The molecule has 0 aliphatic rings. The van der Waals surface area contributed by atoms with Crippen molar-refractivity contribution in [2.75, 3.05) is 0 Å². The molecule has 48 valence electrons. The molecule has 0 radical (unpaired) electrons. The second-order valence-corrected chi connectivity index (χ2v) is 2.38. The van der Waals surface area contributed by atoms with Crippen LogP contribution in [-0.4, -0.2) is 15.9 Å². The highest BCUT2D eigenvalue weighted by molar-refractivity contribution is 7.82. The van der Waals surface area contributed by atoms with Gasteiger partial charge in [0.05, 0.1) is 0 Å². The van der Waals surface area contributed by atoms with Crippen LogP contribution in [0.2, 0.25) is 0 Å². The Hall–Kier alpha value is -0.220. The first-order valence-corrected chi connectivity index (χ1v) is 2.70. The topological polar surface area (TPSA) is 63.3 Å². The molecule has 3 nitrogen and oxygen atoms in total. The fourth-order valence-corrected chi connectivity index (χ4v) is 0.151. The van der Waals surface area contributed by atoms with Crippen LogP contribution in [0, 0.1) is 0 Å². The lowest BCUT2D eigenvalue weighted by Crippen LogP contribution is -2.41. The van der Waals surface area contributed by atoms with Crippen LogP contribution in [-0.2, 0) is 4.79 Å². The average Bonchev–Trinajstić information content (AvgIpc) is 1.67. The first-order chi connectivity index (χ1) is 3.50. The number of carboxylic acids is 1. The fraction of sp³-hybridized carbons (Fsp3) is 0.750. The standard InChI is InChI=1S/C4H9NO2S/c1-2-4(5,8)3(6)7/h8H,2,5H2,1H3,(H,6,7). The number of aliphatic carboxylic acids is 1. The molecule has 0 spiro atoms. The molecular formula is C4H9NO2S. The van der Waals surface area contributed by atoms with E-state index in [2.05, 4.69) is 12.6 Å². The van der Waals surface area contributed by atoms with Crippen molar-refractivity contribution in [3.05, 3.63) is 0 Å². The Balaban J connectivity index is 3.91. The predicted octanol–water partition coefficient (Wildman–Crippen LogP) is 0.0658. The number of hydrogen-bond acceptors (Lipinski definition) is 3. The molecule has 0 saturated heterocycles. The van der Waals surface area contributed by atoms with Crippen LogP contribution in [0.25, 0.3) is 0 Å². The van der Waals surface area contributed by atoms with Crippen LogP contribution in [0.4, 0.5) is 0 Å². The molecule has 0 rings (SSSR count). The second kappa shape index (κ2) is 2.37. The molecular weight excluding hydrogens is 126 g/mol. The number of hydrogen-bond donors (Lipinski definition) is 3. The molecule has 3 N–H and O–H groups in total. The molecule has 0 fully saturated rings. The van der Waals surface area contributed by atoms with Crippen molar-refractivity contribution in [2.45, 2.75) is 18.2 Å². The smallest absolute Gasteiger partial charge is 0.333 e. The Labute approximate surface area is 53.3 Å². The highest BCUT2D eigenvalue weighted by Gasteiger charge is 2.25. The zero-order valence-corrected chi connectivity index (χ0v) is 5.48. The maximum absolute atomic E-state index is 10.1. The van der Waals surface area contributed by atoms with Gasteiger partial charge in [-0.25, -0.2) is 4.79 Å². The maximum Gasteiger partial charge on any atom is 0.333 e. The Morgan fingerprint density at radius 1 is 2.00 bits per heavy atom. The molecule has 1 atom stereocenters. The third-order valence-corrected chi connectivity index (χ3v) is 1.42. The van der Waals surface area contributed by atoms with Gasteiger partial charge in [-0.05, 0) is 6.42 Å². The van der Waals surface area contributed by atoms with Crippen LogP contribution in [0.15, 0.2) is 0 Å². The largest absolute Gasteiger partial charge is 0.479 e. The van der Waals surface area contributed by atoms with E-state index in [9.17, 15) is 4.79 Å². The van der Waals surface area contributed by atoms with Crippen LogP contribution < -0.4 is 5.73 Å². The summed E-state index contributed by atoms with van der Waals surface area (Å²) in [5.74, 6) is -1.08. The summed E-state index contributed by atoms with van der Waals surface area (Å²) in [6.45, 7) is 1.67. The summed E-state index contributed by atoms with van der Waals surface area (Å²) in [6, 6.07) is 0. The van der Waals surface area contributed by atoms with E-state index in [-0.39, 0.29) is 0 Å². The van der Waals surface area contributed by atoms with Crippen molar-refractivity contribution in [1.29, 1.82) is 0 Å². The van der Waals surface area contributed by atoms with E-state index in [0.29, 0.717) is 6.42 Å². The van der Waals surface area contributed by atoms with Crippen molar-refractivity contribution in [1.82, 2.24) is 0 Å². The third-order valence-electron chi connectivity index (χ3n) is 0.909. The molecule has 0 aliphatic heterocycles. The Bertz CT molecular complexity index is 102. The number of thiol groups is 1. The van der Waals surface area contributed by atoms with Crippen molar-refractivity contribution >= 4 is 18.6 Å². The molecule has 0 amide bonds. The summed E-state index contributed by atoms with van der Waals surface area (Å²) in [5, 5.41) is 8.24. The van der Waals surface area contributed by atoms with Crippen LogP contribution >= 0.6 is 12.6 Å². The van der Waals surface area contributed by atoms with Gasteiger partial charge < -0.3 is 10.8 Å². The SMILES string of the molecule is CCC(N)(S)C(=O)O. The van der Waals surface area contributed by atoms with E-state index in [4.69, 9.17) is 10.8 Å². The zero-order valence-electron chi connectivity index (χ0n) is 4.59. The van der Waals surface area contributed by atoms with Crippen LogP contribution in [0.5, 0.6) is 0 Å². The number of carbonyl (C=O) groups is 1. The Morgan fingerprint density at radius 2 is 2.38 bits per heavy atom. The molecule has 0 saturated carbocycles. The lowest BCUT2D eigenvalue weighted by molar-refractivity contribution is -0.139. The molecule has 4 heteroatoms. The van der Waals surface area contributed by atoms with Crippen molar-refractivity contribution < 1.29 is 9.90 Å². The van der Waals surface area contributed by atoms with Gasteiger partial charge in [0.25, 0.3) is 0 Å². The van der Waals surface area contributed by atoms with Gasteiger partial charge in [-0.1, -0.05) is 6.92 Å². The van der Waals surface area contributed by atoms with E-state index in [0.717, 1.165) is 0 Å². The van der Waals surface area contributed by atoms with Crippen LogP contribution in [0.1, 0.15) is 13.3 Å². The molecule has 0 heterocycles. The van der Waals surface area contributed by atoms with Gasteiger partial charge in [0.2, 0.25) is 0 Å². The van der Waals surface area contributed by atoms with Crippen molar-refractivity contribution in [3.8, 4) is 0 Å². The molecule has 0 aromatic heterocycles. The first kappa shape index (κ1) is 7.78. The number of carboxylic acid groups (broad SMARTS) is 1. The van der Waals surface area contributed by atoms with Gasteiger partial charge in [-0.3, -0.25) is 0 Å². The van der Waals surface area contributed by atoms with Gasteiger partial charge in [0.1, 0.15) is 0 Å². The molecule has 0 aromatic carbocycles. The molecule has 1 unspecified atom stereocenters. The third kappa shape index (κ3) is 1.71. The molecule has 0 bridgehead atoms. The van der Waals surface area contributed by atoms with Crippen LogP contribution in [0.3, 0.4) is 0 Å². The van der Waals surface area contributed by atoms with Gasteiger partial charge in [-0.2, -0.15) is 0 Å². The first-order valence-electron chi connectivity index (χ1n) is 2.25. The minimum absolute atomic E-state index is 0.325. The zero-order chi connectivity index (χ0) is 6.78. The van der Waals surface area contributed by atoms with Gasteiger partial charge in [-0.15, -0.1) is 12.6 Å². The van der Waals surface area contributed by atoms with E-state index < -0.39 is 10.8 Å². The number of rotatable bonds is 2. The summed E-state index contributed by atoms with van der Waals surface area (Å²) in [6.07, 6.45) is 0.325. The summed E-state index contributed by atoms with van der Waals surface area (Å²) in [4.78, 5) is 8.70. The summed E-state index contributed by atoms with van der Waals surface area (Å²) in [5.41, 5.74) is 5.12. The van der Waals surface area contributed by atoms with Crippen molar-refractivity contribution in [3.63, 3.8) is 0 Å². The quantitative estimate of drug-likeness (QED) is 0.371. The molecule has 0 aliphatic carbocycles. The fourth-order valence-electron chi connectivity index (χ4n) is 0.151. The highest BCUT2D eigenvalue weighted by Crippen LogP contribution is 2.09.